The van der Waals surface area contributed by atoms with Gasteiger partial charge < -0.3 is 14.0 Å². The number of fused-ring (bicyclic) bond motifs is 1. The quantitative estimate of drug-likeness (QED) is 0.436. The molecular formula is C25H26N4O4S. The molecule has 8 nitrogen and oxygen atoms in total. The zero-order valence-corrected chi connectivity index (χ0v) is 20.0. The topological polar surface area (TPSA) is 107 Å². The second-order valence-electron chi connectivity index (χ2n) is 8.22. The highest BCUT2D eigenvalue weighted by Gasteiger charge is 2.20. The minimum atomic E-state index is -3.76. The molecule has 0 aliphatic heterocycles. The molecule has 2 heterocycles. The third kappa shape index (κ3) is 5.11. The number of primary sulfonamides is 1. The Kier molecular flexibility index (Phi) is 6.41. The van der Waals surface area contributed by atoms with Gasteiger partial charge in [0, 0.05) is 25.0 Å². The summed E-state index contributed by atoms with van der Waals surface area (Å²) >= 11 is 0. The molecule has 2 N–H and O–H groups in total. The fourth-order valence-electron chi connectivity index (χ4n) is 3.62. The summed E-state index contributed by atoms with van der Waals surface area (Å²) in [7, 11) is -2.05. The highest BCUT2D eigenvalue weighted by Crippen LogP contribution is 2.23. The van der Waals surface area contributed by atoms with E-state index in [1.165, 1.54) is 12.1 Å². The number of rotatable bonds is 7. The molecule has 0 saturated carbocycles. The Labute approximate surface area is 198 Å². The maximum Gasteiger partial charge on any atom is 0.254 e. The number of hydrogen-bond donors (Lipinski definition) is 1. The van der Waals surface area contributed by atoms with Crippen molar-refractivity contribution in [2.24, 2.45) is 5.14 Å². The van der Waals surface area contributed by atoms with Crippen LogP contribution in [-0.2, 0) is 16.6 Å². The Morgan fingerprint density at radius 3 is 2.38 bits per heavy atom. The number of aromatic nitrogens is 2. The Bertz CT molecular complexity index is 1430. The molecule has 4 aromatic rings. The predicted octanol–water partition coefficient (Wildman–Crippen LogP) is 3.70. The lowest BCUT2D eigenvalue weighted by molar-refractivity contribution is 0.0742. The molecular weight excluding hydrogens is 452 g/mol. The summed E-state index contributed by atoms with van der Waals surface area (Å²) in [6, 6.07) is 16.9. The molecule has 34 heavy (non-hydrogen) atoms. The smallest absolute Gasteiger partial charge is 0.254 e. The zero-order chi connectivity index (χ0) is 24.5. The molecule has 0 aliphatic carbocycles. The van der Waals surface area contributed by atoms with E-state index in [1.807, 2.05) is 42.8 Å². The first kappa shape index (κ1) is 23.5. The fourth-order valence-corrected chi connectivity index (χ4v) is 4.13. The molecule has 0 radical (unpaired) electrons. The van der Waals surface area contributed by atoms with Gasteiger partial charge >= 0.3 is 0 Å². The first-order valence-electron chi connectivity index (χ1n) is 10.7. The van der Waals surface area contributed by atoms with Crippen molar-refractivity contribution >= 4 is 21.6 Å². The molecule has 176 valence electrons. The Morgan fingerprint density at radius 1 is 1.06 bits per heavy atom. The van der Waals surface area contributed by atoms with Gasteiger partial charge in [-0.05, 0) is 67.4 Å². The van der Waals surface area contributed by atoms with E-state index in [0.717, 1.165) is 22.5 Å². The van der Waals surface area contributed by atoms with Gasteiger partial charge in [-0.3, -0.25) is 4.79 Å². The largest absolute Gasteiger partial charge is 0.487 e. The van der Waals surface area contributed by atoms with Crippen LogP contribution < -0.4 is 9.88 Å². The number of aryl methyl sites for hydroxylation is 1. The summed E-state index contributed by atoms with van der Waals surface area (Å²) < 4.78 is 30.7. The second kappa shape index (κ2) is 9.28. The monoisotopic (exact) mass is 478 g/mol. The van der Waals surface area contributed by atoms with Crippen molar-refractivity contribution < 1.29 is 17.9 Å². The third-order valence-electron chi connectivity index (χ3n) is 5.73. The summed E-state index contributed by atoms with van der Waals surface area (Å²) in [4.78, 5) is 19.1. The van der Waals surface area contributed by atoms with Gasteiger partial charge in [0.05, 0.1) is 16.6 Å². The summed E-state index contributed by atoms with van der Waals surface area (Å²) in [6.45, 7) is 4.22. The number of nitrogens with two attached hydrogens (primary N) is 1. The minimum absolute atomic E-state index is 0.0340. The fraction of sp³-hybridized carbons (Fsp3) is 0.200. The standard InChI is InChI=1S/C25H26N4O4S/c1-17-4-13-24-27-21(15-29(24)14-17)16-33-22-9-5-20(6-10-22)25(30)28(3)18(2)19-7-11-23(12-8-19)34(26,31)32/h4-15,18H,16H2,1-3H3,(H2,26,31,32). The van der Waals surface area contributed by atoms with Gasteiger partial charge in [0.25, 0.3) is 5.91 Å². The van der Waals surface area contributed by atoms with Crippen molar-refractivity contribution in [2.45, 2.75) is 31.4 Å². The maximum absolute atomic E-state index is 13.0. The molecule has 0 fully saturated rings. The van der Waals surface area contributed by atoms with Crippen molar-refractivity contribution in [1.82, 2.24) is 14.3 Å². The number of carbonyl (C=O) groups is 1. The molecule has 2 aromatic carbocycles. The minimum Gasteiger partial charge on any atom is -0.487 e. The van der Waals surface area contributed by atoms with Crippen molar-refractivity contribution in [1.29, 1.82) is 0 Å². The van der Waals surface area contributed by atoms with E-state index >= 15 is 0 Å². The average molecular weight is 479 g/mol. The Hall–Kier alpha value is -3.69. The summed E-state index contributed by atoms with van der Waals surface area (Å²) in [5.74, 6) is 0.476. The Balaban J connectivity index is 1.39. The van der Waals surface area contributed by atoms with Gasteiger partial charge in [-0.15, -0.1) is 0 Å². The highest BCUT2D eigenvalue weighted by molar-refractivity contribution is 7.89. The molecule has 1 amide bonds. The molecule has 0 spiro atoms. The lowest BCUT2D eigenvalue weighted by Gasteiger charge is -2.25. The van der Waals surface area contributed by atoms with Crippen LogP contribution in [0.5, 0.6) is 5.75 Å². The van der Waals surface area contributed by atoms with Crippen molar-refractivity contribution in [2.75, 3.05) is 7.05 Å². The van der Waals surface area contributed by atoms with Crippen LogP contribution in [0, 0.1) is 6.92 Å². The first-order chi connectivity index (χ1) is 16.1. The molecule has 0 saturated heterocycles. The van der Waals surface area contributed by atoms with Crippen LogP contribution >= 0.6 is 0 Å². The van der Waals surface area contributed by atoms with Crippen LogP contribution in [0.15, 0.2) is 78.0 Å². The van der Waals surface area contributed by atoms with E-state index in [-0.39, 0.29) is 16.8 Å². The lowest BCUT2D eigenvalue weighted by atomic mass is 10.1. The van der Waals surface area contributed by atoms with Gasteiger partial charge in [-0.2, -0.15) is 0 Å². The van der Waals surface area contributed by atoms with Crippen LogP contribution in [0.1, 0.15) is 40.1 Å². The van der Waals surface area contributed by atoms with E-state index in [2.05, 4.69) is 4.98 Å². The highest BCUT2D eigenvalue weighted by atomic mass is 32.2. The average Bonchev–Trinajstić information content (AvgIpc) is 3.23. The molecule has 0 aliphatic rings. The predicted molar refractivity (Wildman–Crippen MR) is 129 cm³/mol. The molecule has 1 atom stereocenters. The number of benzene rings is 2. The normalized spacial score (nSPS) is 12.5. The zero-order valence-electron chi connectivity index (χ0n) is 19.2. The van der Waals surface area contributed by atoms with E-state index in [0.29, 0.717) is 17.9 Å². The number of hydrogen-bond acceptors (Lipinski definition) is 5. The van der Waals surface area contributed by atoms with E-state index in [4.69, 9.17) is 9.88 Å². The maximum atomic E-state index is 13.0. The molecule has 9 heteroatoms. The van der Waals surface area contributed by atoms with Gasteiger partial charge in [0.2, 0.25) is 10.0 Å². The number of imidazole rings is 1. The van der Waals surface area contributed by atoms with Crippen LogP contribution in [0.2, 0.25) is 0 Å². The van der Waals surface area contributed by atoms with Gasteiger partial charge in [-0.25, -0.2) is 18.5 Å². The molecule has 1 unspecified atom stereocenters. The summed E-state index contributed by atoms with van der Waals surface area (Å²) in [5.41, 5.74) is 4.14. The van der Waals surface area contributed by atoms with Crippen LogP contribution in [0.4, 0.5) is 0 Å². The third-order valence-corrected chi connectivity index (χ3v) is 6.66. The second-order valence-corrected chi connectivity index (χ2v) is 9.78. The van der Waals surface area contributed by atoms with E-state index < -0.39 is 10.0 Å². The first-order valence-corrected chi connectivity index (χ1v) is 12.2. The van der Waals surface area contributed by atoms with Gasteiger partial charge in [0.1, 0.15) is 18.0 Å². The molecule has 0 bridgehead atoms. The molecule has 4 rings (SSSR count). The van der Waals surface area contributed by atoms with Crippen molar-refractivity contribution in [3.63, 3.8) is 0 Å². The van der Waals surface area contributed by atoms with Crippen molar-refractivity contribution in [3.8, 4) is 5.75 Å². The van der Waals surface area contributed by atoms with Crippen LogP contribution in [-0.4, -0.2) is 35.7 Å². The summed E-state index contributed by atoms with van der Waals surface area (Å²) in [6.07, 6.45) is 3.95. The van der Waals surface area contributed by atoms with E-state index in [9.17, 15) is 13.2 Å². The summed E-state index contributed by atoms with van der Waals surface area (Å²) in [5, 5.41) is 5.15. The lowest BCUT2D eigenvalue weighted by Crippen LogP contribution is -2.29. The van der Waals surface area contributed by atoms with E-state index in [1.54, 1.807) is 48.3 Å². The number of pyridine rings is 1. The van der Waals surface area contributed by atoms with Gasteiger partial charge in [-0.1, -0.05) is 18.2 Å². The number of nitrogens with zero attached hydrogens (tertiary/aromatic N) is 3. The van der Waals surface area contributed by atoms with Crippen molar-refractivity contribution in [3.05, 3.63) is 95.4 Å². The SMILES string of the molecule is Cc1ccc2nc(COc3ccc(C(=O)N(C)C(C)c4ccc(S(N)(=O)=O)cc4)cc3)cn2c1. The molecule has 2 aromatic heterocycles. The number of carbonyl (C=O) groups excluding carboxylic acids is 1. The van der Waals surface area contributed by atoms with Crippen LogP contribution in [0.25, 0.3) is 5.65 Å². The number of ether oxygens (including phenoxy) is 1. The number of sulfonamides is 1. The van der Waals surface area contributed by atoms with Gasteiger partial charge in [0.15, 0.2) is 0 Å². The number of amides is 1. The van der Waals surface area contributed by atoms with Crippen LogP contribution in [0.3, 0.4) is 0 Å². The Morgan fingerprint density at radius 2 is 1.74 bits per heavy atom.